The predicted octanol–water partition coefficient (Wildman–Crippen LogP) is 2.62. The summed E-state index contributed by atoms with van der Waals surface area (Å²) >= 11 is 0. The largest absolute Gasteiger partial charge is 0.381 e. The summed E-state index contributed by atoms with van der Waals surface area (Å²) in [5.74, 6) is 1.78. The lowest BCUT2D eigenvalue weighted by molar-refractivity contribution is 0.0512. The van der Waals surface area contributed by atoms with Crippen LogP contribution in [-0.2, 0) is 10.2 Å². The van der Waals surface area contributed by atoms with Crippen molar-refractivity contribution in [1.82, 2.24) is 10.6 Å². The van der Waals surface area contributed by atoms with Crippen molar-refractivity contribution >= 4 is 5.96 Å². The van der Waals surface area contributed by atoms with Gasteiger partial charge in [0.15, 0.2) is 5.96 Å². The molecule has 0 radical (unpaired) electrons. The third-order valence-electron chi connectivity index (χ3n) is 5.24. The Hall–Kier alpha value is -1.55. The van der Waals surface area contributed by atoms with Gasteiger partial charge < -0.3 is 15.4 Å². The minimum Gasteiger partial charge on any atom is -0.381 e. The van der Waals surface area contributed by atoms with Crippen molar-refractivity contribution in [2.75, 3.05) is 33.4 Å². The van der Waals surface area contributed by atoms with Gasteiger partial charge in [0.2, 0.25) is 0 Å². The Bertz CT molecular complexity index is 545. The van der Waals surface area contributed by atoms with Crippen molar-refractivity contribution in [1.29, 1.82) is 0 Å². The fourth-order valence-electron chi connectivity index (χ4n) is 3.51. The third-order valence-corrected chi connectivity index (χ3v) is 5.24. The fourth-order valence-corrected chi connectivity index (χ4v) is 3.51. The van der Waals surface area contributed by atoms with Crippen molar-refractivity contribution in [3.63, 3.8) is 0 Å². The van der Waals surface area contributed by atoms with Crippen LogP contribution in [0.3, 0.4) is 0 Å². The summed E-state index contributed by atoms with van der Waals surface area (Å²) in [6.07, 6.45) is 4.83. The molecule has 23 heavy (non-hydrogen) atoms. The molecule has 4 heteroatoms. The van der Waals surface area contributed by atoms with Crippen LogP contribution < -0.4 is 10.6 Å². The molecule has 0 aromatic heterocycles. The lowest BCUT2D eigenvalue weighted by Crippen LogP contribution is -2.48. The van der Waals surface area contributed by atoms with E-state index in [1.54, 1.807) is 0 Å². The number of aryl methyl sites for hydroxylation is 1. The highest BCUT2D eigenvalue weighted by atomic mass is 16.5. The second-order valence-electron chi connectivity index (χ2n) is 6.96. The summed E-state index contributed by atoms with van der Waals surface area (Å²) < 4.78 is 5.63. The Morgan fingerprint density at radius 3 is 2.61 bits per heavy atom. The lowest BCUT2D eigenvalue weighted by Gasteiger charge is -2.39. The van der Waals surface area contributed by atoms with Gasteiger partial charge in [0.05, 0.1) is 0 Å². The molecule has 126 valence electrons. The highest BCUT2D eigenvalue weighted by molar-refractivity contribution is 5.79. The molecule has 1 saturated heterocycles. The van der Waals surface area contributed by atoms with Crippen LogP contribution in [0, 0.1) is 12.8 Å². The van der Waals surface area contributed by atoms with E-state index < -0.39 is 0 Å². The van der Waals surface area contributed by atoms with Crippen LogP contribution in [0.1, 0.15) is 36.8 Å². The second kappa shape index (κ2) is 7.35. The number of hydrogen-bond acceptors (Lipinski definition) is 2. The van der Waals surface area contributed by atoms with Gasteiger partial charge in [0.25, 0.3) is 0 Å². The summed E-state index contributed by atoms with van der Waals surface area (Å²) in [5.41, 5.74) is 2.96. The van der Waals surface area contributed by atoms with Crippen molar-refractivity contribution in [3.8, 4) is 0 Å². The Labute approximate surface area is 139 Å². The van der Waals surface area contributed by atoms with E-state index in [-0.39, 0.29) is 5.41 Å². The zero-order valence-corrected chi connectivity index (χ0v) is 14.4. The first-order valence-corrected chi connectivity index (χ1v) is 8.82. The molecule has 0 amide bonds. The number of nitrogens with one attached hydrogen (secondary N) is 2. The Kier molecular flexibility index (Phi) is 5.21. The molecule has 4 nitrogen and oxygen atoms in total. The molecule has 1 aromatic carbocycles. The minimum atomic E-state index is 0.140. The number of hydrogen-bond donors (Lipinski definition) is 2. The number of aliphatic imine (C=N–C) groups is 1. The molecule has 2 N–H and O–H groups in total. The van der Waals surface area contributed by atoms with Gasteiger partial charge in [-0.2, -0.15) is 0 Å². The zero-order chi connectivity index (χ0) is 16.1. The molecule has 1 aliphatic carbocycles. The van der Waals surface area contributed by atoms with Crippen LogP contribution in [0.25, 0.3) is 0 Å². The normalized spacial score (nSPS) is 21.0. The number of ether oxygens (including phenoxy) is 1. The molecule has 0 bridgehead atoms. The Balaban J connectivity index is 1.70. The molecule has 0 unspecified atom stereocenters. The van der Waals surface area contributed by atoms with Gasteiger partial charge >= 0.3 is 0 Å². The fraction of sp³-hybridized carbons (Fsp3) is 0.632. The lowest BCUT2D eigenvalue weighted by atomic mass is 9.72. The van der Waals surface area contributed by atoms with Crippen LogP contribution in [0.4, 0.5) is 0 Å². The topological polar surface area (TPSA) is 45.7 Å². The van der Waals surface area contributed by atoms with Gasteiger partial charge in [-0.25, -0.2) is 0 Å². The first kappa shape index (κ1) is 16.3. The molecule has 3 rings (SSSR count). The van der Waals surface area contributed by atoms with E-state index in [0.29, 0.717) is 0 Å². The molecule has 0 atom stereocenters. The van der Waals surface area contributed by atoms with Crippen molar-refractivity contribution < 1.29 is 4.74 Å². The second-order valence-corrected chi connectivity index (χ2v) is 6.96. The summed E-state index contributed by atoms with van der Waals surface area (Å²) in [4.78, 5) is 4.38. The van der Waals surface area contributed by atoms with Crippen molar-refractivity contribution in [2.24, 2.45) is 10.9 Å². The standard InChI is InChI=1S/C19H29N3O/c1-15-5-3-4-6-17(15)19(9-11-23-12-10-19)14-22-18(20-2)21-13-16-7-8-16/h3-6,16H,7-14H2,1-2H3,(H2,20,21,22). The summed E-state index contributed by atoms with van der Waals surface area (Å²) in [5, 5.41) is 7.03. The van der Waals surface area contributed by atoms with Gasteiger partial charge in [0, 0.05) is 38.8 Å². The minimum absolute atomic E-state index is 0.140. The van der Waals surface area contributed by atoms with Crippen LogP contribution in [0.2, 0.25) is 0 Å². The molecule has 1 saturated carbocycles. The molecule has 0 spiro atoms. The smallest absolute Gasteiger partial charge is 0.191 e. The highest BCUT2D eigenvalue weighted by Gasteiger charge is 2.35. The molecule has 2 fully saturated rings. The van der Waals surface area contributed by atoms with Gasteiger partial charge in [-0.05, 0) is 49.7 Å². The zero-order valence-electron chi connectivity index (χ0n) is 14.4. The van der Waals surface area contributed by atoms with Gasteiger partial charge in [-0.1, -0.05) is 24.3 Å². The Morgan fingerprint density at radius 2 is 1.96 bits per heavy atom. The maximum absolute atomic E-state index is 5.63. The van der Waals surface area contributed by atoms with E-state index in [1.165, 1.54) is 24.0 Å². The molecule has 1 aliphatic heterocycles. The summed E-state index contributed by atoms with van der Waals surface area (Å²) in [7, 11) is 1.85. The summed E-state index contributed by atoms with van der Waals surface area (Å²) in [6.45, 7) is 5.84. The SMILES string of the molecule is CN=C(NCC1CC1)NCC1(c2ccccc2C)CCOCC1. The van der Waals surface area contributed by atoms with E-state index in [2.05, 4.69) is 46.8 Å². The van der Waals surface area contributed by atoms with E-state index >= 15 is 0 Å². The maximum atomic E-state index is 5.63. The van der Waals surface area contributed by atoms with Gasteiger partial charge in [-0.3, -0.25) is 4.99 Å². The molecular formula is C19H29N3O. The van der Waals surface area contributed by atoms with Crippen LogP contribution in [0.5, 0.6) is 0 Å². The summed E-state index contributed by atoms with van der Waals surface area (Å²) in [6, 6.07) is 8.77. The van der Waals surface area contributed by atoms with Gasteiger partial charge in [0.1, 0.15) is 0 Å². The number of rotatable bonds is 5. The monoisotopic (exact) mass is 315 g/mol. The van der Waals surface area contributed by atoms with E-state index in [0.717, 1.165) is 51.0 Å². The number of guanidine groups is 1. The van der Waals surface area contributed by atoms with E-state index in [4.69, 9.17) is 4.74 Å². The average Bonchev–Trinajstić information content (AvgIpc) is 3.40. The van der Waals surface area contributed by atoms with Crippen LogP contribution >= 0.6 is 0 Å². The maximum Gasteiger partial charge on any atom is 0.191 e. The van der Waals surface area contributed by atoms with E-state index in [1.807, 2.05) is 7.05 Å². The Morgan fingerprint density at radius 1 is 1.22 bits per heavy atom. The quantitative estimate of drug-likeness (QED) is 0.648. The number of benzene rings is 1. The molecular weight excluding hydrogens is 286 g/mol. The average molecular weight is 315 g/mol. The van der Waals surface area contributed by atoms with Crippen LogP contribution in [-0.4, -0.2) is 39.3 Å². The number of nitrogens with zero attached hydrogens (tertiary/aromatic N) is 1. The van der Waals surface area contributed by atoms with Crippen molar-refractivity contribution in [2.45, 2.75) is 38.0 Å². The predicted molar refractivity (Wildman–Crippen MR) is 95.0 cm³/mol. The van der Waals surface area contributed by atoms with E-state index in [9.17, 15) is 0 Å². The highest BCUT2D eigenvalue weighted by Crippen LogP contribution is 2.36. The van der Waals surface area contributed by atoms with Crippen LogP contribution in [0.15, 0.2) is 29.3 Å². The first-order valence-electron chi connectivity index (χ1n) is 8.82. The van der Waals surface area contributed by atoms with Crippen molar-refractivity contribution in [3.05, 3.63) is 35.4 Å². The molecule has 2 aliphatic rings. The molecule has 1 aromatic rings. The van der Waals surface area contributed by atoms with Gasteiger partial charge in [-0.15, -0.1) is 0 Å². The first-order chi connectivity index (χ1) is 11.2. The third kappa shape index (κ3) is 4.05. The molecule has 1 heterocycles.